The van der Waals surface area contributed by atoms with E-state index in [4.69, 9.17) is 0 Å². The lowest BCUT2D eigenvalue weighted by Crippen LogP contribution is -2.42. The van der Waals surface area contributed by atoms with Crippen molar-refractivity contribution in [1.82, 2.24) is 19.6 Å². The third-order valence-electron chi connectivity index (χ3n) is 13.8. The van der Waals surface area contributed by atoms with Crippen molar-refractivity contribution in [1.29, 1.82) is 0 Å². The van der Waals surface area contributed by atoms with Crippen molar-refractivity contribution >= 4 is 89.0 Å². The Morgan fingerprint density at radius 3 is 1.03 bits per heavy atom. The molecule has 92 heavy (non-hydrogen) atoms. The number of carbonyl (C=O) groups excluding carboxylic acids is 4. The van der Waals surface area contributed by atoms with Crippen molar-refractivity contribution in [3.05, 3.63) is 112 Å². The summed E-state index contributed by atoms with van der Waals surface area (Å²) < 4.78 is 318. The third kappa shape index (κ3) is 19.3. The number of halogens is 23. The van der Waals surface area contributed by atoms with Gasteiger partial charge in [0.05, 0.1) is 12.7 Å². The second-order valence-electron chi connectivity index (χ2n) is 19.7. The number of fused-ring (bicyclic) bond motifs is 4. The molecule has 0 saturated heterocycles. The molecule has 4 aromatic carbocycles. The van der Waals surface area contributed by atoms with Gasteiger partial charge in [-0.15, -0.1) is 0 Å². The lowest BCUT2D eigenvalue weighted by Gasteiger charge is -2.21. The van der Waals surface area contributed by atoms with Gasteiger partial charge in [0.15, 0.2) is 11.5 Å². The summed E-state index contributed by atoms with van der Waals surface area (Å²) in [5.74, 6) is -10.0. The van der Waals surface area contributed by atoms with E-state index >= 15 is 0 Å². The van der Waals surface area contributed by atoms with E-state index in [0.29, 0.717) is 38.0 Å². The van der Waals surface area contributed by atoms with Crippen molar-refractivity contribution < 1.29 is 147 Å². The van der Waals surface area contributed by atoms with Gasteiger partial charge in [-0.1, -0.05) is 30.3 Å². The van der Waals surface area contributed by atoms with Crippen LogP contribution >= 0.6 is 45.2 Å². The van der Waals surface area contributed by atoms with Crippen molar-refractivity contribution in [2.24, 2.45) is 0 Å². The Kier molecular flexibility index (Phi) is 24.0. The molecule has 0 fully saturated rings. The second-order valence-corrected chi connectivity index (χ2v) is 25.1. The van der Waals surface area contributed by atoms with E-state index in [2.05, 4.69) is 8.37 Å². The van der Waals surface area contributed by atoms with Crippen LogP contribution in [0.3, 0.4) is 0 Å². The van der Waals surface area contributed by atoms with Gasteiger partial charge >= 0.3 is 85.8 Å². The monoisotopic (exact) mass is 1620 g/mol. The summed E-state index contributed by atoms with van der Waals surface area (Å²) >= 11 is 3.53. The number of alkyl halides is 21. The van der Waals surface area contributed by atoms with Crippen molar-refractivity contribution in [2.45, 2.75) is 93.3 Å². The van der Waals surface area contributed by atoms with E-state index < -0.39 is 141 Å². The van der Waals surface area contributed by atoms with Crippen LogP contribution in [0.4, 0.5) is 92.2 Å². The molecule has 4 heterocycles. The van der Waals surface area contributed by atoms with Crippen LogP contribution in [0.5, 0.6) is 23.0 Å². The molecule has 41 heteroatoms. The molecule has 0 radical (unpaired) electrons. The predicted octanol–water partition coefficient (Wildman–Crippen LogP) is 10.8. The molecule has 0 aromatic heterocycles. The lowest BCUT2D eigenvalue weighted by atomic mass is 9.98. The first-order valence-corrected chi connectivity index (χ1v) is 30.6. The molecule has 16 nitrogen and oxygen atoms in total. The first-order valence-electron chi connectivity index (χ1n) is 25.7. The highest BCUT2D eigenvalue weighted by Crippen LogP contribution is 2.44. The average molecular weight is 1620 g/mol. The number of nitrogens with zero attached hydrogens (tertiary/aromatic N) is 4. The van der Waals surface area contributed by atoms with Gasteiger partial charge < -0.3 is 38.2 Å². The number of phenols is 2. The molecule has 4 aliphatic heterocycles. The van der Waals surface area contributed by atoms with Gasteiger partial charge in [-0.05, 0) is 154 Å². The molecule has 0 saturated carbocycles. The fourth-order valence-electron chi connectivity index (χ4n) is 9.34. The van der Waals surface area contributed by atoms with E-state index in [-0.39, 0.29) is 95.6 Å². The van der Waals surface area contributed by atoms with Gasteiger partial charge in [-0.2, -0.15) is 109 Å². The molecule has 2 N–H and O–H groups in total. The van der Waals surface area contributed by atoms with E-state index in [1.54, 1.807) is 46.9 Å². The zero-order valence-electron chi connectivity index (χ0n) is 45.8. The van der Waals surface area contributed by atoms with Gasteiger partial charge in [0.25, 0.3) is 0 Å². The van der Waals surface area contributed by atoms with Crippen molar-refractivity contribution in [2.75, 3.05) is 52.4 Å². The molecule has 4 amide bonds. The van der Waals surface area contributed by atoms with Crippen molar-refractivity contribution in [3.63, 3.8) is 0 Å². The number of benzene rings is 4. The first-order chi connectivity index (χ1) is 41.9. The Hall–Kier alpha value is -6.15. The molecule has 4 aliphatic rings. The number of amides is 4. The van der Waals surface area contributed by atoms with Crippen LogP contribution in [0.15, 0.2) is 54.6 Å². The summed E-state index contributed by atoms with van der Waals surface area (Å²) in [5, 5.41) is 19.6. The Bertz CT molecular complexity index is 3640. The van der Waals surface area contributed by atoms with Gasteiger partial charge in [0.2, 0.25) is 0 Å². The summed E-state index contributed by atoms with van der Waals surface area (Å²) in [7, 11) is -12.4. The van der Waals surface area contributed by atoms with Crippen LogP contribution in [0.2, 0.25) is 0 Å². The standard InChI is InChI=1S/C14H10F9NO4S.C13H10F6INO4S.C12H11F3INO2.C12H12F3NO2/c15-12(16,17)9-2-1-7-3-5-24(11(25)13(18,19)20)6-4-8(7)10(9)28-29(26,27)14(21,22)23;14-12(15,16)11(22)21-5-3-7-1-2-9(20)10(8(7)4-6-21)25-26(23,24)13(17,18)19;13-12(14,15)11(19)17-5-3-7-1-2-9(16)10(18)8(7)4-6-17;13-12(14,15)11(18)16-6-4-8-2-1-3-10(17)9(8)5-7-16/h1-2H,3-6H2;1-2H,3-6H2;1-2,18H,3-6H2;1-3,17H,4-7H2. The summed E-state index contributed by atoms with van der Waals surface area (Å²) in [6, 6.07) is 12.2. The first kappa shape index (κ1) is 76.6. The van der Waals surface area contributed by atoms with Crippen LogP contribution in [0.25, 0.3) is 0 Å². The van der Waals surface area contributed by atoms with Gasteiger partial charge in [0, 0.05) is 63.5 Å². The molecule has 4 aromatic rings. The molecule has 0 unspecified atom stereocenters. The molecule has 0 aliphatic carbocycles. The van der Waals surface area contributed by atoms with Crippen LogP contribution in [-0.2, 0) is 97.0 Å². The zero-order valence-corrected chi connectivity index (χ0v) is 51.7. The third-order valence-corrected chi connectivity index (χ3v) is 17.4. The smallest absolute Gasteiger partial charge is 0.508 e. The molecular weight excluding hydrogens is 1580 g/mol. The summed E-state index contributed by atoms with van der Waals surface area (Å²) in [5.41, 5.74) is -11.2. The van der Waals surface area contributed by atoms with Gasteiger partial charge in [0.1, 0.15) is 11.5 Å². The Balaban J connectivity index is 0.000000227. The van der Waals surface area contributed by atoms with Crippen LogP contribution in [0.1, 0.15) is 50.1 Å². The van der Waals surface area contributed by atoms with E-state index in [0.717, 1.165) is 27.0 Å². The molecule has 0 spiro atoms. The second kappa shape index (κ2) is 28.8. The normalized spacial score (nSPS) is 16.1. The SMILES string of the molecule is O=C(N1CCc2ccc(C(F)(F)F)c(OS(=O)(=O)C(F)(F)F)c2CC1)C(F)(F)F.O=C(N1CCc2ccc(I)c(O)c2CC1)C(F)(F)F.O=C(N1CCc2ccc(I)c(OS(=O)(=O)C(F)(F)F)c2CC1)C(F)(F)F.O=C(N1CCc2cccc(O)c2CC1)C(F)(F)F. The number of carbonyl (C=O) groups is 4. The maximum atomic E-state index is 13.2. The summed E-state index contributed by atoms with van der Waals surface area (Å²) in [6.45, 7) is -2.16. The highest BCUT2D eigenvalue weighted by atomic mass is 127. The molecule has 0 atom stereocenters. The van der Waals surface area contributed by atoms with E-state index in [1.165, 1.54) is 18.2 Å². The van der Waals surface area contributed by atoms with Crippen molar-refractivity contribution in [3.8, 4) is 23.0 Å². The molecule has 8 rings (SSSR count). The zero-order chi connectivity index (χ0) is 69.9. The minimum Gasteiger partial charge on any atom is -0.508 e. The minimum atomic E-state index is -6.49. The maximum absolute atomic E-state index is 13.2. The van der Waals surface area contributed by atoms with Crippen LogP contribution < -0.4 is 8.37 Å². The summed E-state index contributed by atoms with van der Waals surface area (Å²) in [4.78, 5) is 47.4. The van der Waals surface area contributed by atoms with Gasteiger partial charge in [-0.25, -0.2) is 0 Å². The highest BCUT2D eigenvalue weighted by molar-refractivity contribution is 14.1. The Labute approximate surface area is 533 Å². The number of phenolic OH excluding ortho intramolecular Hbond substituents is 2. The fourth-order valence-corrected chi connectivity index (χ4v) is 11.6. The quantitative estimate of drug-likeness (QED) is 0.0847. The molecular formula is C51H43F21I2N4O12S2. The predicted molar refractivity (Wildman–Crippen MR) is 291 cm³/mol. The number of aromatic hydroxyl groups is 2. The van der Waals surface area contributed by atoms with E-state index in [9.17, 15) is 138 Å². The number of hydrogen-bond acceptors (Lipinski definition) is 12. The lowest BCUT2D eigenvalue weighted by molar-refractivity contribution is -0.185. The average Bonchev–Trinajstić information content (AvgIpc) is 1.19. The highest BCUT2D eigenvalue weighted by Gasteiger charge is 2.52. The Morgan fingerprint density at radius 2 is 0.674 bits per heavy atom. The number of hydrogen-bond donors (Lipinski definition) is 2. The van der Waals surface area contributed by atoms with Crippen LogP contribution in [-0.4, -0.2) is 158 Å². The minimum absolute atomic E-state index is 0.0192. The molecule has 512 valence electrons. The number of rotatable bonds is 4. The van der Waals surface area contributed by atoms with Crippen LogP contribution in [0, 0.1) is 7.14 Å². The van der Waals surface area contributed by atoms with Gasteiger partial charge in [-0.3, -0.25) is 19.2 Å². The van der Waals surface area contributed by atoms with E-state index in [1.807, 2.05) is 22.6 Å². The molecule has 0 bridgehead atoms. The largest absolute Gasteiger partial charge is 0.534 e. The fraction of sp³-hybridized carbons (Fsp3) is 0.451. The Morgan fingerprint density at radius 1 is 0.380 bits per heavy atom. The maximum Gasteiger partial charge on any atom is 0.534 e. The topological polar surface area (TPSA) is 208 Å². The summed E-state index contributed by atoms with van der Waals surface area (Å²) in [6.07, 6.45) is -25.8.